The second-order valence-corrected chi connectivity index (χ2v) is 10.4. The van der Waals surface area contributed by atoms with Crippen molar-refractivity contribution in [1.82, 2.24) is 9.73 Å². The van der Waals surface area contributed by atoms with E-state index in [-0.39, 0.29) is 26.7 Å². The maximum absolute atomic E-state index is 12.7. The van der Waals surface area contributed by atoms with Gasteiger partial charge >= 0.3 is 0 Å². The van der Waals surface area contributed by atoms with Crippen LogP contribution < -0.4 is 10.9 Å². The monoisotopic (exact) mass is 467 g/mol. The number of anilines is 1. The molecule has 6 nitrogen and oxygen atoms in total. The van der Waals surface area contributed by atoms with E-state index in [1.165, 1.54) is 16.4 Å². The van der Waals surface area contributed by atoms with Gasteiger partial charge in [0.05, 0.1) is 21.7 Å². The zero-order valence-electron chi connectivity index (χ0n) is 13.9. The molecule has 1 atom stereocenters. The molecule has 0 radical (unpaired) electrons. The molecule has 1 unspecified atom stereocenters. The second-order valence-electron chi connectivity index (χ2n) is 5.99. The van der Waals surface area contributed by atoms with Crippen LogP contribution in [0.25, 0.3) is 0 Å². The van der Waals surface area contributed by atoms with Gasteiger partial charge < -0.3 is 0 Å². The fourth-order valence-corrected chi connectivity index (χ4v) is 6.38. The first-order valence-corrected chi connectivity index (χ1v) is 11.5. The number of hydrogen-bond acceptors (Lipinski definition) is 5. The summed E-state index contributed by atoms with van der Waals surface area (Å²) in [6.45, 7) is 0.516. The molecule has 11 heteroatoms. The lowest BCUT2D eigenvalue weighted by atomic mass is 9.99. The molecule has 0 aliphatic carbocycles. The Labute approximate surface area is 176 Å². The van der Waals surface area contributed by atoms with E-state index in [4.69, 9.17) is 34.8 Å². The van der Waals surface area contributed by atoms with Crippen LogP contribution in [0.2, 0.25) is 15.1 Å². The Hall–Kier alpha value is -1.03. The molecule has 1 saturated heterocycles. The summed E-state index contributed by atoms with van der Waals surface area (Å²) in [5.74, 6) is -0.811. The van der Waals surface area contributed by atoms with Crippen molar-refractivity contribution in [2.24, 2.45) is 5.92 Å². The van der Waals surface area contributed by atoms with E-state index in [9.17, 15) is 13.2 Å². The van der Waals surface area contributed by atoms with Gasteiger partial charge in [-0.05, 0) is 36.4 Å². The summed E-state index contributed by atoms with van der Waals surface area (Å²) in [5.41, 5.74) is 5.58. The molecule has 2 aromatic rings. The first kappa shape index (κ1) is 20.7. The highest BCUT2D eigenvalue weighted by Crippen LogP contribution is 2.33. The van der Waals surface area contributed by atoms with Crippen molar-refractivity contribution in [1.29, 1.82) is 0 Å². The van der Waals surface area contributed by atoms with Gasteiger partial charge in [-0.3, -0.25) is 15.6 Å². The van der Waals surface area contributed by atoms with E-state index < -0.39 is 15.9 Å². The molecule has 1 aromatic heterocycles. The summed E-state index contributed by atoms with van der Waals surface area (Å²) in [7, 11) is -3.58. The molecule has 1 amide bonds. The Morgan fingerprint density at radius 3 is 2.56 bits per heavy atom. The molecular formula is C16H16Cl3N3O3S2. The van der Waals surface area contributed by atoms with E-state index in [1.54, 1.807) is 17.5 Å². The van der Waals surface area contributed by atoms with Gasteiger partial charge in [-0.25, -0.2) is 8.42 Å². The van der Waals surface area contributed by atoms with Gasteiger partial charge in [0.15, 0.2) is 0 Å². The summed E-state index contributed by atoms with van der Waals surface area (Å²) < 4.78 is 27.0. The zero-order valence-corrected chi connectivity index (χ0v) is 17.8. The van der Waals surface area contributed by atoms with Gasteiger partial charge in [-0.15, -0.1) is 11.3 Å². The maximum Gasteiger partial charge on any atom is 0.252 e. The molecule has 1 aliphatic heterocycles. The minimum Gasteiger partial charge on any atom is -0.296 e. The van der Waals surface area contributed by atoms with Crippen molar-refractivity contribution < 1.29 is 13.2 Å². The lowest BCUT2D eigenvalue weighted by molar-refractivity contribution is -0.125. The molecular weight excluding hydrogens is 453 g/mol. The van der Waals surface area contributed by atoms with Crippen LogP contribution in [0.5, 0.6) is 0 Å². The number of thiophene rings is 1. The number of hydrogen-bond donors (Lipinski definition) is 2. The lowest BCUT2D eigenvalue weighted by Crippen LogP contribution is -2.46. The Morgan fingerprint density at radius 1 is 1.22 bits per heavy atom. The normalized spacial score (nSPS) is 18.3. The molecule has 1 fully saturated rings. The molecule has 0 saturated carbocycles. The van der Waals surface area contributed by atoms with Crippen molar-refractivity contribution in [3.05, 3.63) is 44.7 Å². The fraction of sp³-hybridized carbons (Fsp3) is 0.312. The van der Waals surface area contributed by atoms with Crippen LogP contribution >= 0.6 is 46.1 Å². The Balaban J connectivity index is 1.66. The molecule has 27 heavy (non-hydrogen) atoms. The number of halogens is 3. The number of benzene rings is 1. The average Bonchev–Trinajstić information content (AvgIpc) is 3.16. The minimum absolute atomic E-state index is 0.121. The highest BCUT2D eigenvalue weighted by atomic mass is 35.5. The standard InChI is InChI=1S/C16H16Cl3N3O3S2/c17-11-7-12(18)15(13(19)8-11)20-21-16(23)10-3-1-5-22(9-10)27(24,25)14-4-2-6-26-14/h2,4,6-8,10,20H,1,3,5,9H2,(H,21,23). The fourth-order valence-electron chi connectivity index (χ4n) is 2.80. The topological polar surface area (TPSA) is 78.5 Å². The van der Waals surface area contributed by atoms with Crippen LogP contribution in [0.1, 0.15) is 12.8 Å². The number of carbonyl (C=O) groups is 1. The summed E-state index contributed by atoms with van der Waals surface area (Å²) in [6, 6.07) is 6.25. The molecule has 2 N–H and O–H groups in total. The van der Waals surface area contributed by atoms with Crippen molar-refractivity contribution in [3.63, 3.8) is 0 Å². The summed E-state index contributed by atoms with van der Waals surface area (Å²) >= 11 is 19.2. The van der Waals surface area contributed by atoms with Gasteiger partial charge in [-0.2, -0.15) is 4.31 Å². The summed E-state index contributed by atoms with van der Waals surface area (Å²) in [6.07, 6.45) is 1.19. The Morgan fingerprint density at radius 2 is 1.93 bits per heavy atom. The molecule has 1 aromatic carbocycles. The number of nitrogens with zero attached hydrogens (tertiary/aromatic N) is 1. The summed E-state index contributed by atoms with van der Waals surface area (Å²) in [5, 5.41) is 2.62. The quantitative estimate of drug-likeness (QED) is 0.643. The van der Waals surface area contributed by atoms with E-state index in [2.05, 4.69) is 10.9 Å². The van der Waals surface area contributed by atoms with Crippen LogP contribution in [0.4, 0.5) is 5.69 Å². The van der Waals surface area contributed by atoms with Crippen LogP contribution in [0.3, 0.4) is 0 Å². The van der Waals surface area contributed by atoms with Crippen molar-refractivity contribution in [2.45, 2.75) is 17.1 Å². The number of rotatable bonds is 5. The van der Waals surface area contributed by atoms with Crippen LogP contribution in [0, 0.1) is 5.92 Å². The third-order valence-corrected chi connectivity index (χ3v) is 8.21. The summed E-state index contributed by atoms with van der Waals surface area (Å²) in [4.78, 5) is 12.5. The first-order valence-electron chi connectivity index (χ1n) is 8.03. The number of carbonyl (C=O) groups excluding carboxylic acids is 1. The van der Waals surface area contributed by atoms with Gasteiger partial charge in [0.2, 0.25) is 5.91 Å². The Kier molecular flexibility index (Phi) is 6.55. The van der Waals surface area contributed by atoms with Gasteiger partial charge in [0.1, 0.15) is 4.21 Å². The van der Waals surface area contributed by atoms with Crippen molar-refractivity contribution >= 4 is 67.8 Å². The largest absolute Gasteiger partial charge is 0.296 e. The third-order valence-electron chi connectivity index (χ3n) is 4.16. The number of amides is 1. The van der Waals surface area contributed by atoms with Crippen LogP contribution in [0.15, 0.2) is 33.9 Å². The second kappa shape index (κ2) is 8.55. The van der Waals surface area contributed by atoms with Crippen molar-refractivity contribution in [2.75, 3.05) is 18.5 Å². The Bertz CT molecular complexity index is 913. The molecule has 0 bridgehead atoms. The molecule has 1 aliphatic rings. The highest BCUT2D eigenvalue weighted by molar-refractivity contribution is 7.91. The SMILES string of the molecule is O=C(NNc1c(Cl)cc(Cl)cc1Cl)C1CCCN(S(=O)(=O)c2cccs2)C1. The van der Waals surface area contributed by atoms with Gasteiger partial charge in [0, 0.05) is 18.1 Å². The van der Waals surface area contributed by atoms with E-state index >= 15 is 0 Å². The van der Waals surface area contributed by atoms with Crippen molar-refractivity contribution in [3.8, 4) is 0 Å². The number of sulfonamides is 1. The lowest BCUT2D eigenvalue weighted by Gasteiger charge is -2.30. The van der Waals surface area contributed by atoms with Gasteiger partial charge in [0.25, 0.3) is 10.0 Å². The van der Waals surface area contributed by atoms with E-state index in [0.29, 0.717) is 30.1 Å². The maximum atomic E-state index is 12.7. The van der Waals surface area contributed by atoms with Gasteiger partial charge in [-0.1, -0.05) is 40.9 Å². The molecule has 3 rings (SSSR count). The van der Waals surface area contributed by atoms with E-state index in [0.717, 1.165) is 11.3 Å². The van der Waals surface area contributed by atoms with E-state index in [1.807, 2.05) is 0 Å². The van der Waals surface area contributed by atoms with Crippen LogP contribution in [-0.2, 0) is 14.8 Å². The minimum atomic E-state index is -3.58. The molecule has 0 spiro atoms. The zero-order chi connectivity index (χ0) is 19.6. The number of nitrogens with one attached hydrogen (secondary N) is 2. The molecule has 146 valence electrons. The molecule has 2 heterocycles. The smallest absolute Gasteiger partial charge is 0.252 e. The third kappa shape index (κ3) is 4.70. The predicted octanol–water partition coefficient (Wildman–Crippen LogP) is 4.25. The van der Waals surface area contributed by atoms with Crippen LogP contribution in [-0.4, -0.2) is 31.7 Å². The highest BCUT2D eigenvalue weighted by Gasteiger charge is 2.33. The predicted molar refractivity (Wildman–Crippen MR) is 109 cm³/mol. The average molecular weight is 469 g/mol. The number of piperidine rings is 1. The number of hydrazine groups is 1. The first-order chi connectivity index (χ1) is 12.8.